The van der Waals surface area contributed by atoms with Crippen LogP contribution in [0, 0.1) is 17.1 Å². The Morgan fingerprint density at radius 2 is 1.66 bits per heavy atom. The minimum Gasteiger partial charge on any atom is -0.494 e. The van der Waals surface area contributed by atoms with Gasteiger partial charge in [0.1, 0.15) is 17.5 Å². The van der Waals surface area contributed by atoms with E-state index in [1.807, 2.05) is 30.3 Å². The van der Waals surface area contributed by atoms with Crippen LogP contribution in [-0.4, -0.2) is 16.0 Å². The topological polar surface area (TPSA) is 89.9 Å². The molecule has 2 unspecified atom stereocenters. The zero-order valence-corrected chi connectivity index (χ0v) is 15.2. The first kappa shape index (κ1) is 18.3. The van der Waals surface area contributed by atoms with Gasteiger partial charge in [-0.05, 0) is 41.0 Å². The quantitative estimate of drug-likeness (QED) is 0.676. The molecule has 2 N–H and O–H groups in total. The first-order valence-corrected chi connectivity index (χ1v) is 8.89. The number of halogens is 1. The maximum absolute atomic E-state index is 13.4. The van der Waals surface area contributed by atoms with Crippen molar-refractivity contribution in [1.82, 2.24) is 10.3 Å². The average Bonchev–Trinajstić information content (AvgIpc) is 2.75. The molecule has 0 aliphatic carbocycles. The van der Waals surface area contributed by atoms with E-state index in [4.69, 9.17) is 0 Å². The second kappa shape index (κ2) is 7.52. The van der Waals surface area contributed by atoms with Gasteiger partial charge in [-0.3, -0.25) is 15.1 Å². The fourth-order valence-corrected chi connectivity index (χ4v) is 3.52. The molecule has 1 aliphatic rings. The minimum atomic E-state index is -0.822. The number of pyridine rings is 2. The van der Waals surface area contributed by atoms with E-state index >= 15 is 0 Å². The Hall–Kier alpha value is -4.05. The number of aliphatic hydroxyl groups is 1. The fourth-order valence-electron chi connectivity index (χ4n) is 3.52. The highest BCUT2D eigenvalue weighted by Gasteiger charge is 2.45. The largest absolute Gasteiger partial charge is 0.494 e. The summed E-state index contributed by atoms with van der Waals surface area (Å²) in [6.45, 7) is 0. The van der Waals surface area contributed by atoms with Gasteiger partial charge in [0.15, 0.2) is 12.4 Å². The molecule has 2 atom stereocenters. The molecule has 3 heterocycles. The Bertz CT molecular complexity index is 1120. The average molecular weight is 387 g/mol. The Labute approximate surface area is 166 Å². The number of hydrogen-bond donors (Lipinski definition) is 2. The smallest absolute Gasteiger partial charge is 0.296 e. The summed E-state index contributed by atoms with van der Waals surface area (Å²) in [5.41, 5.74) is 2.50. The first-order chi connectivity index (χ1) is 14.1. The summed E-state index contributed by atoms with van der Waals surface area (Å²) in [6, 6.07) is 14.2. The van der Waals surface area contributed by atoms with Crippen LogP contribution in [0.25, 0.3) is 11.1 Å². The van der Waals surface area contributed by atoms with Gasteiger partial charge >= 0.3 is 0 Å². The highest BCUT2D eigenvalue weighted by atomic mass is 19.1. The second-order valence-electron chi connectivity index (χ2n) is 6.61. The van der Waals surface area contributed by atoms with Crippen LogP contribution in [-0.2, 0) is 4.79 Å². The molecule has 0 radical (unpaired) electrons. The minimum absolute atomic E-state index is 0.0203. The number of carbonyl (C=O) groups excluding carboxylic acids is 1. The SMILES string of the molecule is N#CC1=C(O)NC(=O)C([n+]2ccc(-c3ccncc3)cc2)C1c1ccc(F)cc1. The summed E-state index contributed by atoms with van der Waals surface area (Å²) in [7, 11) is 0. The molecule has 0 spiro atoms. The number of nitrogens with zero attached hydrogens (tertiary/aromatic N) is 3. The molecule has 142 valence electrons. The van der Waals surface area contributed by atoms with Gasteiger partial charge in [0.2, 0.25) is 11.9 Å². The molecule has 6 nitrogen and oxygen atoms in total. The monoisotopic (exact) mass is 387 g/mol. The molecule has 0 saturated carbocycles. The number of aromatic nitrogens is 2. The third-order valence-electron chi connectivity index (χ3n) is 4.93. The van der Waals surface area contributed by atoms with Crippen LogP contribution >= 0.6 is 0 Å². The molecule has 3 aromatic rings. The zero-order chi connectivity index (χ0) is 20.4. The van der Waals surface area contributed by atoms with E-state index in [0.717, 1.165) is 11.1 Å². The normalized spacial score (nSPS) is 18.8. The third kappa shape index (κ3) is 3.44. The lowest BCUT2D eigenvalue weighted by Crippen LogP contribution is -2.53. The van der Waals surface area contributed by atoms with E-state index < -0.39 is 29.6 Å². The van der Waals surface area contributed by atoms with E-state index in [1.165, 1.54) is 24.3 Å². The number of hydrogen-bond acceptors (Lipinski definition) is 4. The van der Waals surface area contributed by atoms with Gasteiger partial charge in [0.25, 0.3) is 5.91 Å². The lowest BCUT2D eigenvalue weighted by atomic mass is 9.82. The molecule has 0 bridgehead atoms. The lowest BCUT2D eigenvalue weighted by Gasteiger charge is -2.27. The lowest BCUT2D eigenvalue weighted by molar-refractivity contribution is -0.711. The van der Waals surface area contributed by atoms with Crippen LogP contribution in [0.3, 0.4) is 0 Å². The molecule has 1 amide bonds. The molecule has 29 heavy (non-hydrogen) atoms. The summed E-state index contributed by atoms with van der Waals surface area (Å²) in [5, 5.41) is 22.1. The van der Waals surface area contributed by atoms with Crippen molar-refractivity contribution in [3.8, 4) is 17.2 Å². The Morgan fingerprint density at radius 3 is 2.28 bits per heavy atom. The van der Waals surface area contributed by atoms with Crippen molar-refractivity contribution in [2.45, 2.75) is 12.0 Å². The number of benzene rings is 1. The molecule has 7 heteroatoms. The van der Waals surface area contributed by atoms with Crippen molar-refractivity contribution in [1.29, 1.82) is 5.26 Å². The van der Waals surface area contributed by atoms with Gasteiger partial charge in [-0.2, -0.15) is 9.83 Å². The predicted octanol–water partition coefficient (Wildman–Crippen LogP) is 2.92. The summed E-state index contributed by atoms with van der Waals surface area (Å²) in [4.78, 5) is 16.8. The molecule has 1 aliphatic heterocycles. The molecule has 1 aromatic carbocycles. The second-order valence-corrected chi connectivity index (χ2v) is 6.61. The van der Waals surface area contributed by atoms with Gasteiger partial charge in [-0.15, -0.1) is 0 Å². The van der Waals surface area contributed by atoms with Gasteiger partial charge in [-0.1, -0.05) is 12.1 Å². The van der Waals surface area contributed by atoms with Crippen LogP contribution in [0.5, 0.6) is 0 Å². The van der Waals surface area contributed by atoms with Gasteiger partial charge < -0.3 is 5.11 Å². The van der Waals surface area contributed by atoms with E-state index in [1.54, 1.807) is 29.4 Å². The van der Waals surface area contributed by atoms with Crippen molar-refractivity contribution >= 4 is 5.91 Å². The van der Waals surface area contributed by atoms with Crippen molar-refractivity contribution in [2.75, 3.05) is 0 Å². The maximum Gasteiger partial charge on any atom is 0.296 e. The maximum atomic E-state index is 13.4. The summed E-state index contributed by atoms with van der Waals surface area (Å²) in [6.07, 6.45) is 6.88. The Balaban J connectivity index is 1.78. The molecular formula is C22H16FN4O2+. The fraction of sp³-hybridized carbons (Fsp3) is 0.0909. The van der Waals surface area contributed by atoms with E-state index in [2.05, 4.69) is 10.3 Å². The predicted molar refractivity (Wildman–Crippen MR) is 101 cm³/mol. The molecule has 0 fully saturated rings. The molecule has 0 saturated heterocycles. The summed E-state index contributed by atoms with van der Waals surface area (Å²) in [5.74, 6) is -2.12. The highest BCUT2D eigenvalue weighted by molar-refractivity contribution is 5.84. The number of nitriles is 1. The van der Waals surface area contributed by atoms with Crippen LogP contribution in [0.4, 0.5) is 4.39 Å². The Morgan fingerprint density at radius 1 is 1.03 bits per heavy atom. The van der Waals surface area contributed by atoms with Crippen LogP contribution in [0.2, 0.25) is 0 Å². The van der Waals surface area contributed by atoms with Crippen LogP contribution in [0.1, 0.15) is 17.5 Å². The van der Waals surface area contributed by atoms with E-state index in [0.29, 0.717) is 5.56 Å². The standard InChI is InChI=1S/C22H15FN4O2/c23-17-3-1-16(2-4-17)19-18(13-24)21(28)26-22(29)20(19)27-11-7-15(8-12-27)14-5-9-25-10-6-14/h1-12,19-20H,(H-,26,28,29)/p+1. The summed E-state index contributed by atoms with van der Waals surface area (Å²) >= 11 is 0. The number of carbonyl (C=O) groups is 1. The summed E-state index contributed by atoms with van der Waals surface area (Å²) < 4.78 is 15.1. The number of aliphatic hydroxyl groups excluding tert-OH is 1. The number of amides is 1. The van der Waals surface area contributed by atoms with Crippen molar-refractivity contribution in [3.05, 3.63) is 96.2 Å². The number of rotatable bonds is 3. The molecule has 2 aromatic heterocycles. The van der Waals surface area contributed by atoms with Crippen LogP contribution < -0.4 is 9.88 Å². The van der Waals surface area contributed by atoms with Crippen molar-refractivity contribution < 1.29 is 18.9 Å². The highest BCUT2D eigenvalue weighted by Crippen LogP contribution is 2.36. The zero-order valence-electron chi connectivity index (χ0n) is 15.2. The van der Waals surface area contributed by atoms with Gasteiger partial charge in [0, 0.05) is 24.5 Å². The first-order valence-electron chi connectivity index (χ1n) is 8.89. The number of allylic oxidation sites excluding steroid dienone is 1. The van der Waals surface area contributed by atoms with E-state index in [9.17, 15) is 19.6 Å². The van der Waals surface area contributed by atoms with Gasteiger partial charge in [0.05, 0.1) is 5.92 Å². The molecule has 4 rings (SSSR count). The van der Waals surface area contributed by atoms with E-state index in [-0.39, 0.29) is 5.57 Å². The Kier molecular flexibility index (Phi) is 4.75. The number of nitrogens with one attached hydrogen (secondary N) is 1. The molecular weight excluding hydrogens is 371 g/mol. The van der Waals surface area contributed by atoms with Crippen molar-refractivity contribution in [3.63, 3.8) is 0 Å². The van der Waals surface area contributed by atoms with Crippen LogP contribution in [0.15, 0.2) is 84.8 Å². The van der Waals surface area contributed by atoms with Gasteiger partial charge in [-0.25, -0.2) is 4.39 Å². The van der Waals surface area contributed by atoms with Crippen molar-refractivity contribution in [2.24, 2.45) is 0 Å². The third-order valence-corrected chi connectivity index (χ3v) is 4.93.